The van der Waals surface area contributed by atoms with Crippen molar-refractivity contribution >= 4 is 35.8 Å². The highest BCUT2D eigenvalue weighted by atomic mass is 127. The van der Waals surface area contributed by atoms with Crippen LogP contribution in [0.1, 0.15) is 31.7 Å². The number of carbonyl (C=O) groups excluding carboxylic acids is 1. The summed E-state index contributed by atoms with van der Waals surface area (Å²) < 4.78 is 1.81. The molecule has 1 atom stereocenters. The van der Waals surface area contributed by atoms with E-state index in [1.807, 2.05) is 24.1 Å². The van der Waals surface area contributed by atoms with Crippen LogP contribution in [-0.2, 0) is 18.3 Å². The van der Waals surface area contributed by atoms with Crippen molar-refractivity contribution in [2.45, 2.75) is 32.6 Å². The molecule has 0 radical (unpaired) electrons. The maximum atomic E-state index is 11.2. The van der Waals surface area contributed by atoms with Crippen molar-refractivity contribution in [1.82, 2.24) is 20.0 Å². The number of primary amides is 1. The molecule has 1 aliphatic rings. The molecule has 8 heteroatoms. The largest absolute Gasteiger partial charge is 0.370 e. The third-order valence-electron chi connectivity index (χ3n) is 4.06. The van der Waals surface area contributed by atoms with Crippen LogP contribution >= 0.6 is 24.0 Å². The minimum absolute atomic E-state index is 0. The van der Waals surface area contributed by atoms with E-state index in [0.29, 0.717) is 12.3 Å². The number of nitrogens with one attached hydrogen (secondary N) is 1. The Labute approximate surface area is 161 Å². The Morgan fingerprint density at radius 1 is 1.54 bits per heavy atom. The van der Waals surface area contributed by atoms with Crippen LogP contribution in [0.3, 0.4) is 0 Å². The molecule has 1 aromatic heterocycles. The van der Waals surface area contributed by atoms with Crippen molar-refractivity contribution in [2.75, 3.05) is 26.2 Å². The summed E-state index contributed by atoms with van der Waals surface area (Å²) in [6.45, 7) is 5.46. The highest BCUT2D eigenvalue weighted by Crippen LogP contribution is 2.19. The number of halogens is 1. The Bertz CT molecular complexity index is 544. The van der Waals surface area contributed by atoms with Crippen molar-refractivity contribution < 1.29 is 4.79 Å². The molecular weight excluding hydrogens is 419 g/mol. The fourth-order valence-corrected chi connectivity index (χ4v) is 3.03. The average Bonchev–Trinajstić information content (AvgIpc) is 2.91. The van der Waals surface area contributed by atoms with Crippen molar-refractivity contribution in [3.63, 3.8) is 0 Å². The fraction of sp³-hybridized carbons (Fsp3) is 0.688. The first-order valence-corrected chi connectivity index (χ1v) is 8.37. The summed E-state index contributed by atoms with van der Waals surface area (Å²) in [6.07, 6.45) is 7.38. The van der Waals surface area contributed by atoms with Crippen LogP contribution < -0.4 is 11.1 Å². The van der Waals surface area contributed by atoms with E-state index >= 15 is 0 Å². The first kappa shape index (κ1) is 20.7. The van der Waals surface area contributed by atoms with Crippen LogP contribution in [0.25, 0.3) is 0 Å². The number of guanidine groups is 1. The molecule has 3 N–H and O–H groups in total. The van der Waals surface area contributed by atoms with Gasteiger partial charge in [0.25, 0.3) is 0 Å². The third-order valence-corrected chi connectivity index (χ3v) is 4.06. The smallest absolute Gasteiger partial charge is 0.217 e. The quantitative estimate of drug-likeness (QED) is 0.388. The molecule has 7 nitrogen and oxygen atoms in total. The first-order chi connectivity index (χ1) is 11.1. The van der Waals surface area contributed by atoms with Crippen LogP contribution in [0.4, 0.5) is 0 Å². The molecule has 2 rings (SSSR count). The lowest BCUT2D eigenvalue weighted by Gasteiger charge is -2.34. The van der Waals surface area contributed by atoms with Crippen LogP contribution in [-0.4, -0.2) is 52.7 Å². The van der Waals surface area contributed by atoms with E-state index in [4.69, 9.17) is 10.7 Å². The molecule has 136 valence electrons. The van der Waals surface area contributed by atoms with Gasteiger partial charge in [-0.3, -0.25) is 14.5 Å². The second-order valence-electron chi connectivity index (χ2n) is 6.13. The summed E-state index contributed by atoms with van der Waals surface area (Å²) in [7, 11) is 1.92. The number of hydrogen-bond donors (Lipinski definition) is 2. The molecule has 0 aliphatic carbocycles. The van der Waals surface area contributed by atoms with Gasteiger partial charge < -0.3 is 16.0 Å². The summed E-state index contributed by atoms with van der Waals surface area (Å²) in [5.74, 6) is 1.06. The number of nitrogens with two attached hydrogens (primary N) is 1. The minimum Gasteiger partial charge on any atom is -0.370 e. The lowest BCUT2D eigenvalue weighted by molar-refractivity contribution is -0.119. The number of nitrogens with zero attached hydrogens (tertiary/aromatic N) is 4. The molecule has 1 fully saturated rings. The Kier molecular flexibility index (Phi) is 9.09. The standard InChI is InChI=1S/C16H28N6O.HI/c1-3-18-16(19-7-6-14-10-20-21(2)11-14)22-8-4-5-13(12-22)9-15(17)23;/h10-11,13H,3-9,12H2,1-2H3,(H2,17,23)(H,18,19);1H. The summed E-state index contributed by atoms with van der Waals surface area (Å²) in [5, 5.41) is 7.53. The predicted molar refractivity (Wildman–Crippen MR) is 106 cm³/mol. The SMILES string of the molecule is CCNC(=NCCc1cnn(C)c1)N1CCCC(CC(N)=O)C1.I. The second kappa shape index (κ2) is 10.5. The molecule has 2 heterocycles. The molecule has 0 bridgehead atoms. The molecule has 0 spiro atoms. The van der Waals surface area contributed by atoms with E-state index in [1.54, 1.807) is 0 Å². The van der Waals surface area contributed by atoms with E-state index < -0.39 is 0 Å². The number of carbonyl (C=O) groups is 1. The van der Waals surface area contributed by atoms with Gasteiger partial charge in [0.05, 0.1) is 6.20 Å². The van der Waals surface area contributed by atoms with Crippen molar-refractivity contribution in [3.05, 3.63) is 18.0 Å². The highest BCUT2D eigenvalue weighted by molar-refractivity contribution is 14.0. The molecule has 0 aromatic carbocycles. The van der Waals surface area contributed by atoms with Crippen molar-refractivity contribution in [2.24, 2.45) is 23.7 Å². The predicted octanol–water partition coefficient (Wildman–Crippen LogP) is 1.13. The van der Waals surface area contributed by atoms with Gasteiger partial charge in [-0.25, -0.2) is 0 Å². The Morgan fingerprint density at radius 3 is 2.96 bits per heavy atom. The summed E-state index contributed by atoms with van der Waals surface area (Å²) in [4.78, 5) is 18.1. The van der Waals surface area contributed by atoms with E-state index in [1.165, 1.54) is 5.56 Å². The van der Waals surface area contributed by atoms with Gasteiger partial charge in [0.15, 0.2) is 5.96 Å². The van der Waals surface area contributed by atoms with E-state index in [-0.39, 0.29) is 29.9 Å². The lowest BCUT2D eigenvalue weighted by atomic mass is 9.95. The first-order valence-electron chi connectivity index (χ1n) is 8.37. The van der Waals surface area contributed by atoms with Crippen LogP contribution in [0.15, 0.2) is 17.4 Å². The van der Waals surface area contributed by atoms with Gasteiger partial charge in [0, 0.05) is 45.8 Å². The Morgan fingerprint density at radius 2 is 2.33 bits per heavy atom. The number of amides is 1. The number of piperidine rings is 1. The summed E-state index contributed by atoms with van der Waals surface area (Å²) in [6, 6.07) is 0. The second-order valence-corrected chi connectivity index (χ2v) is 6.13. The third kappa shape index (κ3) is 6.66. The zero-order chi connectivity index (χ0) is 16.7. The van der Waals surface area contributed by atoms with Gasteiger partial charge in [-0.1, -0.05) is 0 Å². The molecule has 1 aliphatic heterocycles. The zero-order valence-corrected chi connectivity index (χ0v) is 16.9. The van der Waals surface area contributed by atoms with Gasteiger partial charge in [0.1, 0.15) is 0 Å². The van der Waals surface area contributed by atoms with Crippen molar-refractivity contribution in [3.8, 4) is 0 Å². The highest BCUT2D eigenvalue weighted by Gasteiger charge is 2.23. The monoisotopic (exact) mass is 448 g/mol. The maximum Gasteiger partial charge on any atom is 0.217 e. The zero-order valence-electron chi connectivity index (χ0n) is 14.6. The minimum atomic E-state index is -0.213. The maximum absolute atomic E-state index is 11.2. The lowest BCUT2D eigenvalue weighted by Crippen LogP contribution is -2.47. The van der Waals surface area contributed by atoms with E-state index in [0.717, 1.165) is 51.4 Å². The average molecular weight is 448 g/mol. The molecule has 0 saturated carbocycles. The number of aliphatic imine (C=N–C) groups is 1. The number of rotatable bonds is 6. The molecule has 24 heavy (non-hydrogen) atoms. The Balaban J connectivity index is 0.00000288. The molecule has 1 amide bonds. The number of aryl methyl sites for hydroxylation is 1. The summed E-state index contributed by atoms with van der Waals surface area (Å²) >= 11 is 0. The van der Waals surface area contributed by atoms with Crippen LogP contribution in [0.2, 0.25) is 0 Å². The van der Waals surface area contributed by atoms with Gasteiger partial charge in [-0.2, -0.15) is 5.10 Å². The molecule has 1 aromatic rings. The number of aromatic nitrogens is 2. The normalized spacial score (nSPS) is 18.2. The van der Waals surface area contributed by atoms with Gasteiger partial charge in [-0.05, 0) is 37.7 Å². The topological polar surface area (TPSA) is 88.5 Å². The molecule has 1 saturated heterocycles. The van der Waals surface area contributed by atoms with Gasteiger partial charge >= 0.3 is 0 Å². The van der Waals surface area contributed by atoms with Crippen LogP contribution in [0.5, 0.6) is 0 Å². The number of likely N-dealkylation sites (tertiary alicyclic amines) is 1. The van der Waals surface area contributed by atoms with Gasteiger partial charge in [0.2, 0.25) is 5.91 Å². The Hall–Kier alpha value is -1.32. The molecular formula is C16H29IN6O. The van der Waals surface area contributed by atoms with Crippen molar-refractivity contribution in [1.29, 1.82) is 0 Å². The van der Waals surface area contributed by atoms with Gasteiger partial charge in [-0.15, -0.1) is 24.0 Å². The van der Waals surface area contributed by atoms with Crippen LogP contribution in [0, 0.1) is 5.92 Å². The summed E-state index contributed by atoms with van der Waals surface area (Å²) in [5.41, 5.74) is 6.53. The molecule has 1 unspecified atom stereocenters. The van der Waals surface area contributed by atoms with E-state index in [2.05, 4.69) is 22.2 Å². The van der Waals surface area contributed by atoms with E-state index in [9.17, 15) is 4.79 Å². The fourth-order valence-electron chi connectivity index (χ4n) is 3.03. The number of hydrogen-bond acceptors (Lipinski definition) is 3.